The molecule has 31 heavy (non-hydrogen) atoms. The highest BCUT2D eigenvalue weighted by molar-refractivity contribution is 6.04. The van der Waals surface area contributed by atoms with Crippen LogP contribution < -0.4 is 5.32 Å². The van der Waals surface area contributed by atoms with Crippen LogP contribution in [0.15, 0.2) is 30.5 Å². The van der Waals surface area contributed by atoms with Crippen molar-refractivity contribution >= 4 is 22.8 Å². The molecule has 4 aromatic rings. The quantitative estimate of drug-likeness (QED) is 0.542. The standard InChI is InChI=1S/C20H14F3N7O/c1-20(2)15-17(26-19(20)31)25-16(28-27-15)14-11-6-10(21)7-24-18(11)30(29-14)8-9-4-3-5-12(22)13(9)23/h3-7H,8H2,1-2H3,(H,25,26,28,31). The maximum absolute atomic E-state index is 14.2. The summed E-state index contributed by atoms with van der Waals surface area (Å²) in [5.74, 6) is -2.61. The Hall–Kier alpha value is -3.89. The minimum absolute atomic E-state index is 0.0348. The third kappa shape index (κ3) is 2.92. The summed E-state index contributed by atoms with van der Waals surface area (Å²) in [7, 11) is 0. The van der Waals surface area contributed by atoms with Gasteiger partial charge in [0.15, 0.2) is 23.1 Å². The lowest BCUT2D eigenvalue weighted by molar-refractivity contribution is -0.119. The summed E-state index contributed by atoms with van der Waals surface area (Å²) in [5.41, 5.74) is -0.0838. The fourth-order valence-electron chi connectivity index (χ4n) is 3.45. The molecule has 0 saturated heterocycles. The molecular formula is C20H14F3N7O. The Bertz CT molecular complexity index is 1380. The lowest BCUT2D eigenvalue weighted by Gasteiger charge is -2.11. The van der Waals surface area contributed by atoms with Crippen LogP contribution in [0.5, 0.6) is 0 Å². The fourth-order valence-corrected chi connectivity index (χ4v) is 3.45. The average Bonchev–Trinajstić information content (AvgIpc) is 3.19. The van der Waals surface area contributed by atoms with Crippen molar-refractivity contribution in [3.05, 3.63) is 59.2 Å². The van der Waals surface area contributed by atoms with Crippen LogP contribution in [0.3, 0.4) is 0 Å². The van der Waals surface area contributed by atoms with E-state index >= 15 is 0 Å². The van der Waals surface area contributed by atoms with Crippen LogP contribution in [0, 0.1) is 17.5 Å². The van der Waals surface area contributed by atoms with Gasteiger partial charge in [0.1, 0.15) is 17.2 Å². The Morgan fingerprint density at radius 2 is 1.97 bits per heavy atom. The van der Waals surface area contributed by atoms with E-state index in [9.17, 15) is 18.0 Å². The number of carbonyl (C=O) groups is 1. The second-order valence-corrected chi connectivity index (χ2v) is 7.66. The van der Waals surface area contributed by atoms with Crippen LogP contribution >= 0.6 is 0 Å². The number of pyridine rings is 1. The Morgan fingerprint density at radius 3 is 2.77 bits per heavy atom. The molecule has 8 nitrogen and oxygen atoms in total. The number of anilines is 1. The van der Waals surface area contributed by atoms with Gasteiger partial charge in [-0.3, -0.25) is 4.79 Å². The summed E-state index contributed by atoms with van der Waals surface area (Å²) in [4.78, 5) is 20.5. The molecule has 0 radical (unpaired) electrons. The van der Waals surface area contributed by atoms with Crippen molar-refractivity contribution < 1.29 is 18.0 Å². The molecule has 1 N–H and O–H groups in total. The molecule has 1 aliphatic heterocycles. The van der Waals surface area contributed by atoms with Gasteiger partial charge >= 0.3 is 0 Å². The lowest BCUT2D eigenvalue weighted by Crippen LogP contribution is -2.27. The van der Waals surface area contributed by atoms with Gasteiger partial charge in [-0.15, -0.1) is 10.2 Å². The SMILES string of the molecule is CC1(C)C(=O)Nc2nc(-c3nn(Cc4cccc(F)c4F)c4ncc(F)cc34)nnc21. The predicted molar refractivity (Wildman–Crippen MR) is 103 cm³/mol. The van der Waals surface area contributed by atoms with E-state index in [4.69, 9.17) is 0 Å². The summed E-state index contributed by atoms with van der Waals surface area (Å²) in [6, 6.07) is 5.01. The van der Waals surface area contributed by atoms with Crippen LogP contribution in [0.25, 0.3) is 22.6 Å². The molecule has 4 heterocycles. The molecule has 1 aliphatic rings. The molecule has 1 aromatic carbocycles. The van der Waals surface area contributed by atoms with Crippen molar-refractivity contribution in [1.29, 1.82) is 0 Å². The van der Waals surface area contributed by atoms with Gasteiger partial charge in [-0.1, -0.05) is 12.1 Å². The van der Waals surface area contributed by atoms with Crippen LogP contribution in [-0.4, -0.2) is 35.9 Å². The zero-order valence-electron chi connectivity index (χ0n) is 16.3. The molecule has 0 spiro atoms. The molecule has 1 amide bonds. The smallest absolute Gasteiger partial charge is 0.237 e. The number of rotatable bonds is 3. The van der Waals surface area contributed by atoms with Gasteiger partial charge in [0.2, 0.25) is 11.7 Å². The molecule has 3 aromatic heterocycles. The van der Waals surface area contributed by atoms with E-state index in [2.05, 4.69) is 30.6 Å². The lowest BCUT2D eigenvalue weighted by atomic mass is 9.91. The highest BCUT2D eigenvalue weighted by atomic mass is 19.2. The van der Waals surface area contributed by atoms with Crippen molar-refractivity contribution in [3.63, 3.8) is 0 Å². The summed E-state index contributed by atoms with van der Waals surface area (Å²) in [5, 5.41) is 15.5. The van der Waals surface area contributed by atoms with Crippen molar-refractivity contribution in [2.45, 2.75) is 25.8 Å². The van der Waals surface area contributed by atoms with Gasteiger partial charge in [0.05, 0.1) is 23.5 Å². The number of carbonyl (C=O) groups excluding carboxylic acids is 1. The van der Waals surface area contributed by atoms with E-state index in [0.29, 0.717) is 5.69 Å². The summed E-state index contributed by atoms with van der Waals surface area (Å²) >= 11 is 0. The molecule has 0 bridgehead atoms. The first-order valence-corrected chi connectivity index (χ1v) is 9.27. The second-order valence-electron chi connectivity index (χ2n) is 7.66. The third-order valence-electron chi connectivity index (χ3n) is 5.20. The Kier molecular flexibility index (Phi) is 4.04. The number of fused-ring (bicyclic) bond motifs is 2. The van der Waals surface area contributed by atoms with Gasteiger partial charge in [-0.05, 0) is 26.0 Å². The normalized spacial score (nSPS) is 14.7. The number of hydrogen-bond acceptors (Lipinski definition) is 6. The van der Waals surface area contributed by atoms with Crippen molar-refractivity contribution in [3.8, 4) is 11.5 Å². The van der Waals surface area contributed by atoms with Crippen LogP contribution in [0.4, 0.5) is 19.0 Å². The molecule has 0 aliphatic carbocycles. The first-order chi connectivity index (χ1) is 14.8. The second kappa shape index (κ2) is 6.56. The molecule has 0 saturated carbocycles. The zero-order chi connectivity index (χ0) is 21.9. The Balaban J connectivity index is 1.65. The van der Waals surface area contributed by atoms with E-state index < -0.39 is 22.9 Å². The molecule has 0 fully saturated rings. The monoisotopic (exact) mass is 425 g/mol. The maximum atomic E-state index is 14.2. The largest absolute Gasteiger partial charge is 0.308 e. The van der Waals surface area contributed by atoms with E-state index in [1.165, 1.54) is 22.9 Å². The van der Waals surface area contributed by atoms with Crippen LogP contribution in [-0.2, 0) is 16.8 Å². The van der Waals surface area contributed by atoms with Gasteiger partial charge < -0.3 is 5.32 Å². The average molecular weight is 425 g/mol. The van der Waals surface area contributed by atoms with Crippen molar-refractivity contribution in [2.75, 3.05) is 5.32 Å². The first kappa shape index (κ1) is 19.1. The van der Waals surface area contributed by atoms with E-state index in [0.717, 1.165) is 12.3 Å². The highest BCUT2D eigenvalue weighted by Crippen LogP contribution is 2.35. The minimum atomic E-state index is -1.00. The van der Waals surface area contributed by atoms with Gasteiger partial charge in [-0.2, -0.15) is 5.10 Å². The Morgan fingerprint density at radius 1 is 1.16 bits per heavy atom. The fraction of sp³-hybridized carbons (Fsp3) is 0.200. The highest BCUT2D eigenvalue weighted by Gasteiger charge is 2.42. The van der Waals surface area contributed by atoms with E-state index in [-0.39, 0.29) is 46.4 Å². The zero-order valence-corrected chi connectivity index (χ0v) is 16.3. The summed E-state index contributed by atoms with van der Waals surface area (Å²) in [6.45, 7) is 3.24. The van der Waals surface area contributed by atoms with Crippen molar-refractivity contribution in [1.82, 2.24) is 29.9 Å². The molecule has 11 heteroatoms. The number of nitrogens with one attached hydrogen (secondary N) is 1. The topological polar surface area (TPSA) is 98.5 Å². The molecule has 0 atom stereocenters. The van der Waals surface area contributed by atoms with E-state index in [1.807, 2.05) is 0 Å². The molecular weight excluding hydrogens is 411 g/mol. The number of aromatic nitrogens is 6. The van der Waals surface area contributed by atoms with Gasteiger partial charge in [-0.25, -0.2) is 27.8 Å². The molecule has 5 rings (SSSR count). The number of hydrogen-bond donors (Lipinski definition) is 1. The number of nitrogens with zero attached hydrogens (tertiary/aromatic N) is 6. The van der Waals surface area contributed by atoms with Crippen LogP contribution in [0.2, 0.25) is 0 Å². The predicted octanol–water partition coefficient (Wildman–Crippen LogP) is 2.98. The number of benzene rings is 1. The van der Waals surface area contributed by atoms with Crippen molar-refractivity contribution in [2.24, 2.45) is 0 Å². The minimum Gasteiger partial charge on any atom is -0.308 e. The van der Waals surface area contributed by atoms with E-state index in [1.54, 1.807) is 13.8 Å². The summed E-state index contributed by atoms with van der Waals surface area (Å²) in [6.07, 6.45) is 0.997. The molecule has 156 valence electrons. The maximum Gasteiger partial charge on any atom is 0.237 e. The van der Waals surface area contributed by atoms with Gasteiger partial charge in [0.25, 0.3) is 0 Å². The molecule has 0 unspecified atom stereocenters. The number of halogens is 3. The summed E-state index contributed by atoms with van der Waals surface area (Å²) < 4.78 is 43.0. The number of amides is 1. The van der Waals surface area contributed by atoms with Crippen LogP contribution in [0.1, 0.15) is 25.1 Å². The Labute approximate surface area is 173 Å². The first-order valence-electron chi connectivity index (χ1n) is 9.27. The third-order valence-corrected chi connectivity index (χ3v) is 5.20. The van der Waals surface area contributed by atoms with Gasteiger partial charge in [0, 0.05) is 5.56 Å².